The van der Waals surface area contributed by atoms with Gasteiger partial charge in [-0.15, -0.1) is 12.4 Å². The molecule has 1 rings (SSSR count). The number of halogens is 1. The fourth-order valence-corrected chi connectivity index (χ4v) is 3.13. The number of nitrogens with zero attached hydrogens (tertiary/aromatic N) is 1. The quantitative estimate of drug-likeness (QED) is 0.534. The van der Waals surface area contributed by atoms with Gasteiger partial charge in [-0.1, -0.05) is 45.9 Å². The summed E-state index contributed by atoms with van der Waals surface area (Å²) in [6, 6.07) is 10.1. The fraction of sp³-hybridized carbons (Fsp3) is 0.700. The van der Waals surface area contributed by atoms with Crippen LogP contribution >= 0.6 is 12.4 Å². The molecule has 0 aromatic heterocycles. The highest BCUT2D eigenvalue weighted by atomic mass is 35.5. The summed E-state index contributed by atoms with van der Waals surface area (Å²) in [5.41, 5.74) is -0.414. The molecule has 0 N–H and O–H groups in total. The van der Waals surface area contributed by atoms with Gasteiger partial charge in [0.25, 0.3) is 0 Å². The molecule has 0 amide bonds. The molecule has 0 radical (unpaired) electrons. The Labute approximate surface area is 155 Å². The van der Waals surface area contributed by atoms with E-state index in [-0.39, 0.29) is 18.5 Å². The SMILES string of the molecule is CCOC(CC(C)C)(C(CC(C)C)Oc1ccccc1)N(C)C.Cl. The third kappa shape index (κ3) is 6.62. The summed E-state index contributed by atoms with van der Waals surface area (Å²) in [4.78, 5) is 2.20. The van der Waals surface area contributed by atoms with Crippen molar-refractivity contribution in [2.75, 3.05) is 20.7 Å². The summed E-state index contributed by atoms with van der Waals surface area (Å²) in [6.45, 7) is 11.7. The van der Waals surface area contributed by atoms with Crippen LogP contribution in [0.15, 0.2) is 30.3 Å². The highest BCUT2D eigenvalue weighted by Gasteiger charge is 2.44. The topological polar surface area (TPSA) is 21.7 Å². The van der Waals surface area contributed by atoms with Crippen LogP contribution in [-0.4, -0.2) is 37.4 Å². The molecule has 0 aliphatic carbocycles. The van der Waals surface area contributed by atoms with Crippen LogP contribution in [0.3, 0.4) is 0 Å². The fourth-order valence-electron chi connectivity index (χ4n) is 3.13. The number of likely N-dealkylation sites (N-methyl/N-ethyl adjacent to an activating group) is 1. The lowest BCUT2D eigenvalue weighted by Crippen LogP contribution is -2.59. The normalized spacial score (nSPS) is 15.2. The van der Waals surface area contributed by atoms with Crippen LogP contribution in [0.4, 0.5) is 0 Å². The second kappa shape index (κ2) is 11.0. The molecule has 0 saturated carbocycles. The summed E-state index contributed by atoms with van der Waals surface area (Å²) < 4.78 is 12.8. The van der Waals surface area contributed by atoms with Crippen molar-refractivity contribution >= 4 is 12.4 Å². The highest BCUT2D eigenvalue weighted by Crippen LogP contribution is 2.34. The molecule has 1 aromatic rings. The Balaban J connectivity index is 0.00000529. The van der Waals surface area contributed by atoms with Gasteiger partial charge in [-0.25, -0.2) is 0 Å². The maximum Gasteiger partial charge on any atom is 0.158 e. The first-order valence-electron chi connectivity index (χ1n) is 8.84. The zero-order valence-corrected chi connectivity index (χ0v) is 17.2. The predicted molar refractivity (Wildman–Crippen MR) is 105 cm³/mol. The lowest BCUT2D eigenvalue weighted by Gasteiger charge is -2.46. The molecule has 2 unspecified atom stereocenters. The Hall–Kier alpha value is -0.770. The van der Waals surface area contributed by atoms with Gasteiger partial charge >= 0.3 is 0 Å². The minimum Gasteiger partial charge on any atom is -0.486 e. The summed E-state index contributed by atoms with van der Waals surface area (Å²) in [6.07, 6.45) is 1.89. The third-order valence-electron chi connectivity index (χ3n) is 4.06. The molecular weight excluding hydrogens is 322 g/mol. The van der Waals surface area contributed by atoms with Crippen molar-refractivity contribution in [1.82, 2.24) is 4.90 Å². The molecule has 0 aliphatic heterocycles. The zero-order valence-electron chi connectivity index (χ0n) is 16.4. The van der Waals surface area contributed by atoms with Crippen LogP contribution in [-0.2, 0) is 4.74 Å². The van der Waals surface area contributed by atoms with Crippen molar-refractivity contribution in [2.24, 2.45) is 11.8 Å². The molecule has 0 saturated heterocycles. The average Bonchev–Trinajstić information content (AvgIpc) is 2.46. The van der Waals surface area contributed by atoms with Crippen molar-refractivity contribution in [2.45, 2.75) is 59.3 Å². The smallest absolute Gasteiger partial charge is 0.158 e. The number of para-hydroxylation sites is 1. The van der Waals surface area contributed by atoms with E-state index < -0.39 is 5.72 Å². The van der Waals surface area contributed by atoms with Gasteiger partial charge in [-0.2, -0.15) is 0 Å². The van der Waals surface area contributed by atoms with Crippen LogP contribution < -0.4 is 4.74 Å². The lowest BCUT2D eigenvalue weighted by atomic mass is 9.88. The van der Waals surface area contributed by atoms with Gasteiger partial charge in [0.15, 0.2) is 5.72 Å². The van der Waals surface area contributed by atoms with Gasteiger partial charge in [0.2, 0.25) is 0 Å². The first kappa shape index (κ1) is 23.2. The van der Waals surface area contributed by atoms with Crippen LogP contribution in [0.25, 0.3) is 0 Å². The summed E-state index contributed by atoms with van der Waals surface area (Å²) >= 11 is 0. The predicted octanol–water partition coefficient (Wildman–Crippen LogP) is 5.24. The molecule has 0 spiro atoms. The van der Waals surface area contributed by atoms with E-state index in [1.807, 2.05) is 30.3 Å². The minimum absolute atomic E-state index is 0. The van der Waals surface area contributed by atoms with Crippen molar-refractivity contribution in [3.8, 4) is 5.75 Å². The molecule has 0 bridgehead atoms. The van der Waals surface area contributed by atoms with Gasteiger partial charge < -0.3 is 9.47 Å². The number of ether oxygens (including phenoxy) is 2. The van der Waals surface area contributed by atoms with E-state index >= 15 is 0 Å². The second-order valence-corrected chi connectivity index (χ2v) is 7.32. The van der Waals surface area contributed by atoms with Crippen LogP contribution in [0.2, 0.25) is 0 Å². The Morgan fingerprint density at radius 3 is 2.00 bits per heavy atom. The van der Waals surface area contributed by atoms with Crippen molar-refractivity contribution < 1.29 is 9.47 Å². The molecule has 4 heteroatoms. The van der Waals surface area contributed by atoms with Crippen LogP contribution in [0.1, 0.15) is 47.5 Å². The van der Waals surface area contributed by atoms with E-state index in [1.54, 1.807) is 0 Å². The Morgan fingerprint density at radius 2 is 1.58 bits per heavy atom. The highest BCUT2D eigenvalue weighted by molar-refractivity contribution is 5.85. The maximum absolute atomic E-state index is 6.44. The first-order chi connectivity index (χ1) is 10.8. The molecule has 2 atom stereocenters. The molecule has 0 aliphatic rings. The number of rotatable bonds is 10. The summed E-state index contributed by atoms with van der Waals surface area (Å²) in [7, 11) is 4.19. The molecule has 3 nitrogen and oxygen atoms in total. The Bertz CT molecular complexity index is 437. The Kier molecular flexibility index (Phi) is 10.6. The molecule has 0 fully saturated rings. The monoisotopic (exact) mass is 357 g/mol. The lowest BCUT2D eigenvalue weighted by molar-refractivity contribution is -0.202. The van der Waals surface area contributed by atoms with Crippen molar-refractivity contribution in [3.05, 3.63) is 30.3 Å². The van der Waals surface area contributed by atoms with E-state index in [0.29, 0.717) is 18.4 Å². The van der Waals surface area contributed by atoms with Crippen molar-refractivity contribution in [3.63, 3.8) is 0 Å². The van der Waals surface area contributed by atoms with Gasteiger partial charge in [-0.3, -0.25) is 4.90 Å². The average molecular weight is 358 g/mol. The second-order valence-electron chi connectivity index (χ2n) is 7.32. The van der Waals surface area contributed by atoms with E-state index in [9.17, 15) is 0 Å². The number of hydrogen-bond acceptors (Lipinski definition) is 3. The van der Waals surface area contributed by atoms with Gasteiger partial charge in [0, 0.05) is 6.61 Å². The van der Waals surface area contributed by atoms with Crippen LogP contribution in [0.5, 0.6) is 5.75 Å². The molecule has 24 heavy (non-hydrogen) atoms. The first-order valence-corrected chi connectivity index (χ1v) is 8.84. The summed E-state index contributed by atoms with van der Waals surface area (Å²) in [5.74, 6) is 1.97. The molecule has 140 valence electrons. The molecule has 0 heterocycles. The zero-order chi connectivity index (χ0) is 17.5. The third-order valence-corrected chi connectivity index (χ3v) is 4.06. The number of benzene rings is 1. The summed E-state index contributed by atoms with van der Waals surface area (Å²) in [5, 5.41) is 0. The van der Waals surface area contributed by atoms with E-state index in [0.717, 1.165) is 18.6 Å². The van der Waals surface area contributed by atoms with Crippen molar-refractivity contribution in [1.29, 1.82) is 0 Å². The van der Waals surface area contributed by atoms with E-state index in [4.69, 9.17) is 9.47 Å². The van der Waals surface area contributed by atoms with Gasteiger partial charge in [0.1, 0.15) is 11.9 Å². The number of hydrogen-bond donors (Lipinski definition) is 0. The minimum atomic E-state index is -0.414. The maximum atomic E-state index is 6.44. The van der Waals surface area contributed by atoms with E-state index in [2.05, 4.69) is 53.6 Å². The Morgan fingerprint density at radius 1 is 1.00 bits per heavy atom. The molecule has 1 aromatic carbocycles. The van der Waals surface area contributed by atoms with E-state index in [1.165, 1.54) is 0 Å². The van der Waals surface area contributed by atoms with Crippen LogP contribution in [0, 0.1) is 11.8 Å². The largest absolute Gasteiger partial charge is 0.486 e. The van der Waals surface area contributed by atoms with Gasteiger partial charge in [0.05, 0.1) is 0 Å². The van der Waals surface area contributed by atoms with Gasteiger partial charge in [-0.05, 0) is 57.8 Å². The molecular formula is C20H36ClNO2. The standard InChI is InChI=1S/C20H35NO2.ClH/c1-8-22-20(21(6)7,15-17(4)5)19(14-16(2)3)23-18-12-10-9-11-13-18;/h9-13,16-17,19H,8,14-15H2,1-7H3;1H.